The molecule has 32 heavy (non-hydrogen) atoms. The third kappa shape index (κ3) is 5.06. The number of aliphatic hydroxyl groups is 1. The molecule has 0 aliphatic heterocycles. The van der Waals surface area contributed by atoms with Gasteiger partial charge in [-0.15, -0.1) is 11.8 Å². The van der Waals surface area contributed by atoms with E-state index in [-0.39, 0.29) is 29.1 Å². The van der Waals surface area contributed by atoms with Crippen LogP contribution in [0.2, 0.25) is 0 Å². The van der Waals surface area contributed by atoms with Crippen LogP contribution in [0, 0.1) is 22.7 Å². The molecule has 0 bridgehead atoms. The lowest BCUT2D eigenvalue weighted by atomic mass is 9.95. The molecular formula is C24H20N4O3S. The van der Waals surface area contributed by atoms with Crippen molar-refractivity contribution in [3.63, 3.8) is 0 Å². The molecular weight excluding hydrogens is 424 g/mol. The van der Waals surface area contributed by atoms with Gasteiger partial charge in [-0.05, 0) is 41.7 Å². The van der Waals surface area contributed by atoms with Crippen LogP contribution in [0.1, 0.15) is 39.0 Å². The number of aromatic carboxylic acids is 1. The number of carbonyl (C=O) groups is 1. The van der Waals surface area contributed by atoms with E-state index in [1.165, 1.54) is 17.8 Å². The molecule has 0 aliphatic carbocycles. The molecule has 0 amide bonds. The minimum atomic E-state index is -1.01. The number of carboxylic acids is 1. The van der Waals surface area contributed by atoms with E-state index in [1.807, 2.05) is 24.3 Å². The number of rotatable bonds is 8. The Morgan fingerprint density at radius 1 is 1.06 bits per heavy atom. The highest BCUT2D eigenvalue weighted by Gasteiger charge is 2.20. The summed E-state index contributed by atoms with van der Waals surface area (Å²) in [6, 6.07) is 18.2. The Hall–Kier alpha value is -3.85. The predicted molar refractivity (Wildman–Crippen MR) is 122 cm³/mol. The molecule has 7 nitrogen and oxygen atoms in total. The fourth-order valence-electron chi connectivity index (χ4n) is 3.26. The number of aliphatic hydroxyl groups excluding tert-OH is 1. The second-order valence-corrected chi connectivity index (χ2v) is 7.93. The molecule has 0 radical (unpaired) electrons. The van der Waals surface area contributed by atoms with Crippen LogP contribution < -0.4 is 5.73 Å². The van der Waals surface area contributed by atoms with E-state index in [4.69, 9.17) is 10.8 Å². The van der Waals surface area contributed by atoms with Crippen LogP contribution >= 0.6 is 11.8 Å². The topological polar surface area (TPSA) is 144 Å². The zero-order valence-corrected chi connectivity index (χ0v) is 17.9. The number of nitrogens with two attached hydrogens (primary N) is 1. The van der Waals surface area contributed by atoms with Crippen LogP contribution in [0.3, 0.4) is 0 Å². The fourth-order valence-corrected chi connectivity index (χ4v) is 4.20. The van der Waals surface area contributed by atoms with Gasteiger partial charge in [0, 0.05) is 17.9 Å². The van der Waals surface area contributed by atoms with Gasteiger partial charge >= 0.3 is 5.97 Å². The second kappa shape index (κ2) is 10.5. The van der Waals surface area contributed by atoms with E-state index in [2.05, 4.69) is 17.1 Å². The van der Waals surface area contributed by atoms with Gasteiger partial charge in [-0.2, -0.15) is 10.5 Å². The number of anilines is 1. The Kier molecular flexibility index (Phi) is 7.45. The molecule has 0 spiro atoms. The largest absolute Gasteiger partial charge is 0.478 e. The van der Waals surface area contributed by atoms with Crippen LogP contribution in [0.15, 0.2) is 53.6 Å². The Morgan fingerprint density at radius 2 is 1.78 bits per heavy atom. The molecule has 0 atom stereocenters. The zero-order chi connectivity index (χ0) is 23.1. The maximum Gasteiger partial charge on any atom is 0.335 e. The standard InChI is InChI=1S/C24H20N4O3S/c25-12-19-21(17-8-6-15(7-9-17)4-2-10-29)20(13-26)23(28-22(19)27)32-14-16-3-1-5-18(11-16)24(30)31/h1,3,5-9,11,29H,2,4,10,14H2,(H2,27,28)(H,30,31). The monoisotopic (exact) mass is 444 g/mol. The minimum Gasteiger partial charge on any atom is -0.478 e. The van der Waals surface area contributed by atoms with Crippen LogP contribution in [-0.2, 0) is 12.2 Å². The number of pyridine rings is 1. The van der Waals surface area contributed by atoms with Crippen molar-refractivity contribution in [2.24, 2.45) is 0 Å². The minimum absolute atomic E-state index is 0.0349. The molecule has 3 aromatic rings. The molecule has 1 aromatic heterocycles. The number of hydrogen-bond acceptors (Lipinski definition) is 7. The molecule has 4 N–H and O–H groups in total. The van der Waals surface area contributed by atoms with Gasteiger partial charge in [0.15, 0.2) is 0 Å². The van der Waals surface area contributed by atoms with Crippen molar-refractivity contribution in [1.82, 2.24) is 4.98 Å². The Labute approximate surface area is 189 Å². The lowest BCUT2D eigenvalue weighted by Crippen LogP contribution is -2.03. The number of carboxylic acid groups (broad SMARTS) is 1. The first-order valence-electron chi connectivity index (χ1n) is 9.77. The summed E-state index contributed by atoms with van der Waals surface area (Å²) in [5.41, 5.74) is 9.53. The molecule has 2 aromatic carbocycles. The molecule has 160 valence electrons. The number of benzene rings is 2. The highest BCUT2D eigenvalue weighted by atomic mass is 32.2. The first-order chi connectivity index (χ1) is 15.5. The van der Waals surface area contributed by atoms with E-state index in [9.17, 15) is 20.4 Å². The maximum atomic E-state index is 11.2. The van der Waals surface area contributed by atoms with Crippen molar-refractivity contribution < 1.29 is 15.0 Å². The fraction of sp³-hybridized carbons (Fsp3) is 0.167. The van der Waals surface area contributed by atoms with Gasteiger partial charge in [0.2, 0.25) is 0 Å². The Balaban J connectivity index is 1.99. The molecule has 0 fully saturated rings. The number of nitriles is 2. The zero-order valence-electron chi connectivity index (χ0n) is 17.1. The number of nitrogen functional groups attached to an aromatic ring is 1. The summed E-state index contributed by atoms with van der Waals surface area (Å²) in [5, 5.41) is 38.1. The van der Waals surface area contributed by atoms with Crippen LogP contribution in [0.25, 0.3) is 11.1 Å². The van der Waals surface area contributed by atoms with Gasteiger partial charge in [0.05, 0.1) is 11.1 Å². The third-order valence-electron chi connectivity index (χ3n) is 4.83. The van der Waals surface area contributed by atoms with Crippen molar-refractivity contribution in [2.45, 2.75) is 23.6 Å². The number of nitrogens with zero attached hydrogens (tertiary/aromatic N) is 3. The normalized spacial score (nSPS) is 10.3. The van der Waals surface area contributed by atoms with Crippen molar-refractivity contribution >= 4 is 23.5 Å². The lowest BCUT2D eigenvalue weighted by Gasteiger charge is -2.13. The molecule has 0 unspecified atom stereocenters. The number of aryl methyl sites for hydroxylation is 1. The summed E-state index contributed by atoms with van der Waals surface area (Å²) in [6.07, 6.45) is 1.38. The number of hydrogen-bond donors (Lipinski definition) is 3. The highest BCUT2D eigenvalue weighted by Crippen LogP contribution is 2.36. The summed E-state index contributed by atoms with van der Waals surface area (Å²) in [5.74, 6) is -0.596. The van der Waals surface area contributed by atoms with Crippen molar-refractivity contribution in [2.75, 3.05) is 12.3 Å². The number of thioether (sulfide) groups is 1. The average molecular weight is 445 g/mol. The van der Waals surface area contributed by atoms with Crippen LogP contribution in [-0.4, -0.2) is 27.8 Å². The third-order valence-corrected chi connectivity index (χ3v) is 5.88. The highest BCUT2D eigenvalue weighted by molar-refractivity contribution is 7.98. The van der Waals surface area contributed by atoms with E-state index >= 15 is 0 Å². The van der Waals surface area contributed by atoms with E-state index in [1.54, 1.807) is 18.2 Å². The van der Waals surface area contributed by atoms with Gasteiger partial charge in [-0.3, -0.25) is 0 Å². The maximum absolute atomic E-state index is 11.2. The molecule has 8 heteroatoms. The summed E-state index contributed by atoms with van der Waals surface area (Å²) < 4.78 is 0. The van der Waals surface area contributed by atoms with Gasteiger partial charge in [-0.25, -0.2) is 9.78 Å². The number of aromatic nitrogens is 1. The van der Waals surface area contributed by atoms with Gasteiger partial charge in [0.25, 0.3) is 0 Å². The predicted octanol–water partition coefficient (Wildman–Crippen LogP) is 3.99. The van der Waals surface area contributed by atoms with Crippen LogP contribution in [0.4, 0.5) is 5.82 Å². The second-order valence-electron chi connectivity index (χ2n) is 6.97. The smallest absolute Gasteiger partial charge is 0.335 e. The summed E-state index contributed by atoms with van der Waals surface area (Å²) >= 11 is 1.26. The first-order valence-corrected chi connectivity index (χ1v) is 10.8. The van der Waals surface area contributed by atoms with Crippen LogP contribution in [0.5, 0.6) is 0 Å². The van der Waals surface area contributed by atoms with Crippen molar-refractivity contribution in [3.8, 4) is 23.3 Å². The summed E-state index contributed by atoms with van der Waals surface area (Å²) in [6.45, 7) is 0.107. The SMILES string of the molecule is N#Cc1c(N)nc(SCc2cccc(C(=O)O)c2)c(C#N)c1-c1ccc(CCCO)cc1. The Bertz CT molecular complexity index is 1230. The van der Waals surface area contributed by atoms with E-state index < -0.39 is 5.97 Å². The van der Waals surface area contributed by atoms with Gasteiger partial charge in [0.1, 0.15) is 28.5 Å². The molecule has 0 saturated carbocycles. The Morgan fingerprint density at radius 3 is 2.41 bits per heavy atom. The molecule has 1 heterocycles. The summed E-state index contributed by atoms with van der Waals surface area (Å²) in [7, 11) is 0. The first kappa shape index (κ1) is 22.8. The van der Waals surface area contributed by atoms with Gasteiger partial charge < -0.3 is 15.9 Å². The van der Waals surface area contributed by atoms with E-state index in [0.717, 1.165) is 17.5 Å². The van der Waals surface area contributed by atoms with E-state index in [0.29, 0.717) is 28.3 Å². The van der Waals surface area contributed by atoms with Gasteiger partial charge in [-0.1, -0.05) is 36.4 Å². The molecule has 0 aliphatic rings. The quantitative estimate of drug-likeness (QED) is 0.442. The average Bonchev–Trinajstić information content (AvgIpc) is 2.81. The molecule has 0 saturated heterocycles. The summed E-state index contributed by atoms with van der Waals surface area (Å²) in [4.78, 5) is 15.5. The molecule has 3 rings (SSSR count). The lowest BCUT2D eigenvalue weighted by molar-refractivity contribution is 0.0696. The van der Waals surface area contributed by atoms with Crippen molar-refractivity contribution in [1.29, 1.82) is 10.5 Å². The van der Waals surface area contributed by atoms with Crippen molar-refractivity contribution in [3.05, 3.63) is 76.3 Å².